The van der Waals surface area contributed by atoms with E-state index in [-0.39, 0.29) is 5.75 Å². The van der Waals surface area contributed by atoms with Crippen LogP contribution in [0.5, 0.6) is 11.5 Å². The van der Waals surface area contributed by atoms with Crippen molar-refractivity contribution in [2.45, 2.75) is 32.0 Å². The molecular weight excluding hydrogens is 328 g/mol. The highest BCUT2D eigenvalue weighted by molar-refractivity contribution is 5.26. The van der Waals surface area contributed by atoms with E-state index in [0.29, 0.717) is 30.2 Å². The molecule has 1 aromatic carbocycles. The molecule has 2 fully saturated rings. The van der Waals surface area contributed by atoms with E-state index < -0.39 is 6.10 Å². The lowest BCUT2D eigenvalue weighted by Gasteiger charge is -2.22. The van der Waals surface area contributed by atoms with E-state index in [1.807, 2.05) is 0 Å². The van der Waals surface area contributed by atoms with Gasteiger partial charge in [0.25, 0.3) is 0 Å². The number of likely N-dealkylation sites (tertiary alicyclic amines) is 1. The van der Waals surface area contributed by atoms with Gasteiger partial charge in [-0.2, -0.15) is 0 Å². The van der Waals surface area contributed by atoms with E-state index in [2.05, 4.69) is 41.1 Å². The molecule has 0 spiro atoms. The topological polar surface area (TPSA) is 65.8 Å². The van der Waals surface area contributed by atoms with Gasteiger partial charge in [0, 0.05) is 19.6 Å². The Kier molecular flexibility index (Phi) is 4.83. The maximum atomic E-state index is 10.4. The molecule has 138 valence electrons. The first-order chi connectivity index (χ1) is 12.6. The standard InChI is InChI=1S/C21H26N2O3/c1-14-2-5-18(6-3-14)26-19-8-15-11-23(12-16(15)9-19)13-21(25)20-7-4-17(24)10-22-20/h2-7,10,15-16,19,21,24-25H,8-9,11-13H2,1H3/t15-,16+,19+,21?. The molecule has 2 aromatic rings. The van der Waals surface area contributed by atoms with Crippen molar-refractivity contribution >= 4 is 0 Å². The minimum absolute atomic E-state index is 0.122. The molecule has 4 atom stereocenters. The summed E-state index contributed by atoms with van der Waals surface area (Å²) in [6.45, 7) is 4.69. The van der Waals surface area contributed by atoms with Crippen LogP contribution in [0.3, 0.4) is 0 Å². The summed E-state index contributed by atoms with van der Waals surface area (Å²) in [5.41, 5.74) is 1.86. The van der Waals surface area contributed by atoms with Crippen molar-refractivity contribution in [1.82, 2.24) is 9.88 Å². The molecule has 0 radical (unpaired) electrons. The van der Waals surface area contributed by atoms with Crippen LogP contribution in [0.15, 0.2) is 42.6 Å². The molecule has 2 aliphatic rings. The predicted octanol–water partition coefficient (Wildman–Crippen LogP) is 2.92. The van der Waals surface area contributed by atoms with Crippen LogP contribution in [0.1, 0.15) is 30.2 Å². The number of aromatic nitrogens is 1. The number of aromatic hydroxyl groups is 1. The Morgan fingerprint density at radius 2 is 1.81 bits per heavy atom. The van der Waals surface area contributed by atoms with Gasteiger partial charge >= 0.3 is 0 Å². The number of ether oxygens (including phenoxy) is 1. The molecule has 4 rings (SSSR count). The van der Waals surface area contributed by atoms with Gasteiger partial charge in [0.15, 0.2) is 0 Å². The van der Waals surface area contributed by atoms with Crippen LogP contribution >= 0.6 is 0 Å². The first-order valence-corrected chi connectivity index (χ1v) is 9.35. The smallest absolute Gasteiger partial charge is 0.133 e. The third-order valence-corrected chi connectivity index (χ3v) is 5.65. The van der Waals surface area contributed by atoms with Gasteiger partial charge in [-0.3, -0.25) is 9.88 Å². The zero-order valence-corrected chi connectivity index (χ0v) is 15.1. The number of hydrogen-bond donors (Lipinski definition) is 2. The Morgan fingerprint density at radius 1 is 1.12 bits per heavy atom. The molecule has 0 amide bonds. The Balaban J connectivity index is 1.28. The third-order valence-electron chi connectivity index (χ3n) is 5.65. The zero-order valence-electron chi connectivity index (χ0n) is 15.1. The van der Waals surface area contributed by atoms with Crippen molar-refractivity contribution in [3.05, 3.63) is 53.9 Å². The largest absolute Gasteiger partial charge is 0.506 e. The molecule has 2 N–H and O–H groups in total. The lowest BCUT2D eigenvalue weighted by Crippen LogP contribution is -2.29. The van der Waals surface area contributed by atoms with Gasteiger partial charge in [0.2, 0.25) is 0 Å². The van der Waals surface area contributed by atoms with Crippen LogP contribution in [0, 0.1) is 18.8 Å². The number of pyridine rings is 1. The predicted molar refractivity (Wildman–Crippen MR) is 99.1 cm³/mol. The summed E-state index contributed by atoms with van der Waals surface area (Å²) in [6, 6.07) is 11.5. The van der Waals surface area contributed by atoms with Crippen LogP contribution in [-0.2, 0) is 0 Å². The lowest BCUT2D eigenvalue weighted by molar-refractivity contribution is 0.113. The number of aliphatic hydroxyl groups excluding tert-OH is 1. The van der Waals surface area contributed by atoms with Crippen molar-refractivity contribution < 1.29 is 14.9 Å². The summed E-state index contributed by atoms with van der Waals surface area (Å²) in [7, 11) is 0. The molecule has 1 aliphatic carbocycles. The van der Waals surface area contributed by atoms with Crippen LogP contribution < -0.4 is 4.74 Å². The highest BCUT2D eigenvalue weighted by Crippen LogP contribution is 2.40. The van der Waals surface area contributed by atoms with Gasteiger partial charge in [-0.05, 0) is 55.9 Å². The Morgan fingerprint density at radius 3 is 2.42 bits per heavy atom. The molecule has 1 aliphatic heterocycles. The summed E-state index contributed by atoms with van der Waals surface area (Å²) < 4.78 is 6.16. The second-order valence-electron chi connectivity index (χ2n) is 7.72. The van der Waals surface area contributed by atoms with Crippen molar-refractivity contribution in [2.75, 3.05) is 19.6 Å². The molecule has 0 bridgehead atoms. The Hall–Kier alpha value is -2.11. The average molecular weight is 354 g/mol. The summed E-state index contributed by atoms with van der Waals surface area (Å²) in [5.74, 6) is 2.37. The van der Waals surface area contributed by atoms with Crippen LogP contribution in [0.4, 0.5) is 0 Å². The van der Waals surface area contributed by atoms with Crippen LogP contribution in [0.25, 0.3) is 0 Å². The van der Waals surface area contributed by atoms with E-state index in [0.717, 1.165) is 31.7 Å². The van der Waals surface area contributed by atoms with Crippen molar-refractivity contribution in [2.24, 2.45) is 11.8 Å². The van der Waals surface area contributed by atoms with Crippen LogP contribution in [0.2, 0.25) is 0 Å². The highest BCUT2D eigenvalue weighted by atomic mass is 16.5. The summed E-state index contributed by atoms with van der Waals surface area (Å²) in [4.78, 5) is 6.44. The fraction of sp³-hybridized carbons (Fsp3) is 0.476. The third kappa shape index (κ3) is 3.84. The monoisotopic (exact) mass is 354 g/mol. The van der Waals surface area contributed by atoms with Gasteiger partial charge in [-0.15, -0.1) is 0 Å². The van der Waals surface area contributed by atoms with E-state index in [1.165, 1.54) is 11.8 Å². The number of hydrogen-bond acceptors (Lipinski definition) is 5. The lowest BCUT2D eigenvalue weighted by atomic mass is 10.0. The number of rotatable bonds is 5. The quantitative estimate of drug-likeness (QED) is 0.864. The van der Waals surface area contributed by atoms with Crippen molar-refractivity contribution in [1.29, 1.82) is 0 Å². The molecule has 1 aromatic heterocycles. The summed E-state index contributed by atoms with van der Waals surface area (Å²) >= 11 is 0. The van der Waals surface area contributed by atoms with Gasteiger partial charge in [0.1, 0.15) is 17.6 Å². The molecule has 1 saturated heterocycles. The van der Waals surface area contributed by atoms with Crippen molar-refractivity contribution in [3.8, 4) is 11.5 Å². The van der Waals surface area contributed by atoms with E-state index >= 15 is 0 Å². The second-order valence-corrected chi connectivity index (χ2v) is 7.72. The Labute approximate surface area is 154 Å². The SMILES string of the molecule is Cc1ccc(O[C@H]2C[C@@H]3CN(CC(O)c4ccc(O)cn4)C[C@@H]3C2)cc1. The number of β-amino-alcohol motifs (C(OH)–C–C–N with tert-alkyl or cyclic N) is 1. The van der Waals surface area contributed by atoms with Gasteiger partial charge in [-0.1, -0.05) is 17.7 Å². The van der Waals surface area contributed by atoms with Gasteiger partial charge in [-0.25, -0.2) is 0 Å². The minimum Gasteiger partial charge on any atom is -0.506 e. The molecule has 5 heteroatoms. The normalized spacial score (nSPS) is 26.6. The fourth-order valence-corrected chi connectivity index (χ4v) is 4.33. The summed E-state index contributed by atoms with van der Waals surface area (Å²) in [5, 5.41) is 19.7. The first-order valence-electron chi connectivity index (χ1n) is 9.35. The fourth-order valence-electron chi connectivity index (χ4n) is 4.33. The van der Waals surface area contributed by atoms with E-state index in [9.17, 15) is 10.2 Å². The number of benzene rings is 1. The number of aryl methyl sites for hydroxylation is 1. The molecular formula is C21H26N2O3. The second kappa shape index (κ2) is 7.25. The summed E-state index contributed by atoms with van der Waals surface area (Å²) in [6.07, 6.45) is 3.24. The molecule has 5 nitrogen and oxygen atoms in total. The first kappa shape index (κ1) is 17.3. The molecule has 1 saturated carbocycles. The number of aliphatic hydroxyl groups is 1. The number of fused-ring (bicyclic) bond motifs is 1. The van der Waals surface area contributed by atoms with E-state index in [4.69, 9.17) is 4.74 Å². The van der Waals surface area contributed by atoms with Crippen LogP contribution in [-0.4, -0.2) is 45.8 Å². The molecule has 1 unspecified atom stereocenters. The maximum Gasteiger partial charge on any atom is 0.133 e. The van der Waals surface area contributed by atoms with E-state index in [1.54, 1.807) is 12.1 Å². The molecule has 2 heterocycles. The van der Waals surface area contributed by atoms with Gasteiger partial charge in [0.05, 0.1) is 18.0 Å². The zero-order chi connectivity index (χ0) is 18.1. The number of nitrogens with zero attached hydrogens (tertiary/aromatic N) is 2. The van der Waals surface area contributed by atoms with Gasteiger partial charge < -0.3 is 14.9 Å². The maximum absolute atomic E-state index is 10.4. The highest BCUT2D eigenvalue weighted by Gasteiger charge is 2.42. The van der Waals surface area contributed by atoms with Crippen molar-refractivity contribution in [3.63, 3.8) is 0 Å². The average Bonchev–Trinajstić information content (AvgIpc) is 3.15. The molecule has 26 heavy (non-hydrogen) atoms. The minimum atomic E-state index is -0.617. The Bertz CT molecular complexity index is 718.